The van der Waals surface area contributed by atoms with E-state index in [0.29, 0.717) is 21.7 Å². The molecule has 1 heterocycles. The van der Waals surface area contributed by atoms with Crippen molar-refractivity contribution in [2.45, 2.75) is 35.5 Å². The summed E-state index contributed by atoms with van der Waals surface area (Å²) in [6.07, 6.45) is 2.12. The SMILES string of the molecule is OCc1cccc(F)c1Sc1nnnn1C1CC1. The lowest BCUT2D eigenvalue weighted by Gasteiger charge is -2.07. The van der Waals surface area contributed by atoms with E-state index in [1.165, 1.54) is 6.07 Å². The maximum absolute atomic E-state index is 13.8. The first-order valence-corrected chi connectivity index (χ1v) is 6.45. The fourth-order valence-corrected chi connectivity index (χ4v) is 2.65. The highest BCUT2D eigenvalue weighted by atomic mass is 32.2. The molecule has 0 saturated heterocycles. The molecule has 7 heteroatoms. The Balaban J connectivity index is 1.94. The smallest absolute Gasteiger partial charge is 0.214 e. The molecule has 0 spiro atoms. The van der Waals surface area contributed by atoms with Gasteiger partial charge in [0.2, 0.25) is 5.16 Å². The van der Waals surface area contributed by atoms with E-state index in [1.54, 1.807) is 16.8 Å². The molecule has 0 unspecified atom stereocenters. The molecule has 0 aliphatic heterocycles. The van der Waals surface area contributed by atoms with E-state index < -0.39 is 0 Å². The monoisotopic (exact) mass is 266 g/mol. The van der Waals surface area contributed by atoms with Crippen LogP contribution in [0.2, 0.25) is 0 Å². The van der Waals surface area contributed by atoms with E-state index in [1.807, 2.05) is 0 Å². The third-order valence-electron chi connectivity index (χ3n) is 2.77. The highest BCUT2D eigenvalue weighted by Crippen LogP contribution is 2.39. The molecule has 0 bridgehead atoms. The van der Waals surface area contributed by atoms with Crippen LogP contribution in [0.4, 0.5) is 4.39 Å². The van der Waals surface area contributed by atoms with Crippen LogP contribution in [-0.4, -0.2) is 25.3 Å². The van der Waals surface area contributed by atoms with E-state index >= 15 is 0 Å². The number of benzene rings is 1. The van der Waals surface area contributed by atoms with Crippen molar-refractivity contribution < 1.29 is 9.50 Å². The molecule has 1 aliphatic rings. The normalized spacial score (nSPS) is 15.0. The van der Waals surface area contributed by atoms with Gasteiger partial charge in [-0.15, -0.1) is 5.10 Å². The summed E-state index contributed by atoms with van der Waals surface area (Å²) >= 11 is 1.16. The Bertz CT molecular complexity index is 570. The van der Waals surface area contributed by atoms with Gasteiger partial charge in [-0.1, -0.05) is 12.1 Å². The van der Waals surface area contributed by atoms with Crippen LogP contribution >= 0.6 is 11.8 Å². The molecule has 1 fully saturated rings. The largest absolute Gasteiger partial charge is 0.392 e. The summed E-state index contributed by atoms with van der Waals surface area (Å²) in [5.41, 5.74) is 0.547. The zero-order valence-electron chi connectivity index (χ0n) is 9.45. The fraction of sp³-hybridized carbons (Fsp3) is 0.364. The summed E-state index contributed by atoms with van der Waals surface area (Å²) in [7, 11) is 0. The fourth-order valence-electron chi connectivity index (χ4n) is 1.68. The van der Waals surface area contributed by atoms with Crippen molar-refractivity contribution in [2.75, 3.05) is 0 Å². The summed E-state index contributed by atoms with van der Waals surface area (Å²) in [4.78, 5) is 0.386. The van der Waals surface area contributed by atoms with Crippen LogP contribution in [0.5, 0.6) is 0 Å². The molecule has 1 saturated carbocycles. The highest BCUT2D eigenvalue weighted by molar-refractivity contribution is 7.99. The van der Waals surface area contributed by atoms with E-state index in [0.717, 1.165) is 24.6 Å². The predicted octanol–water partition coefficient (Wildman–Crippen LogP) is 1.79. The molecule has 1 aliphatic carbocycles. The molecule has 2 aromatic rings. The summed E-state index contributed by atoms with van der Waals surface area (Å²) in [6, 6.07) is 4.98. The van der Waals surface area contributed by atoms with Gasteiger partial charge in [0.1, 0.15) is 5.82 Å². The average Bonchev–Trinajstić information content (AvgIpc) is 3.12. The number of rotatable bonds is 4. The minimum atomic E-state index is -0.364. The number of hydrogen-bond donors (Lipinski definition) is 1. The molecule has 3 rings (SSSR count). The molecule has 0 atom stereocenters. The van der Waals surface area contributed by atoms with Crippen molar-refractivity contribution in [3.63, 3.8) is 0 Å². The van der Waals surface area contributed by atoms with Gasteiger partial charge >= 0.3 is 0 Å². The first kappa shape index (κ1) is 11.6. The van der Waals surface area contributed by atoms with Crippen LogP contribution < -0.4 is 0 Å². The number of aromatic nitrogens is 4. The van der Waals surface area contributed by atoms with Crippen molar-refractivity contribution >= 4 is 11.8 Å². The zero-order chi connectivity index (χ0) is 12.5. The van der Waals surface area contributed by atoms with Crippen LogP contribution in [0, 0.1) is 5.82 Å². The van der Waals surface area contributed by atoms with Gasteiger partial charge < -0.3 is 5.11 Å². The van der Waals surface area contributed by atoms with Gasteiger partial charge in [0.25, 0.3) is 0 Å². The molecule has 18 heavy (non-hydrogen) atoms. The molecule has 1 aromatic carbocycles. The Kier molecular flexibility index (Phi) is 3.00. The molecule has 1 N–H and O–H groups in total. The Labute approximate surface area is 107 Å². The van der Waals surface area contributed by atoms with Crippen molar-refractivity contribution in [1.82, 2.24) is 20.2 Å². The molecule has 94 valence electrons. The summed E-state index contributed by atoms with van der Waals surface area (Å²) in [5, 5.41) is 21.2. The quantitative estimate of drug-likeness (QED) is 0.914. The van der Waals surface area contributed by atoms with E-state index in [4.69, 9.17) is 0 Å². The lowest BCUT2D eigenvalue weighted by atomic mass is 10.2. The minimum Gasteiger partial charge on any atom is -0.392 e. The number of aliphatic hydroxyl groups excluding tert-OH is 1. The number of tetrazole rings is 1. The third kappa shape index (κ3) is 2.11. The van der Waals surface area contributed by atoms with Gasteiger partial charge in [-0.25, -0.2) is 9.07 Å². The first-order valence-electron chi connectivity index (χ1n) is 5.63. The maximum atomic E-state index is 13.8. The Morgan fingerprint density at radius 3 is 3.00 bits per heavy atom. The molecule has 5 nitrogen and oxygen atoms in total. The second-order valence-electron chi connectivity index (χ2n) is 4.13. The number of aliphatic hydroxyl groups is 1. The second kappa shape index (κ2) is 4.66. The summed E-state index contributed by atoms with van der Waals surface area (Å²) in [5.74, 6) is -0.364. The van der Waals surface area contributed by atoms with Crippen LogP contribution in [0.25, 0.3) is 0 Å². The van der Waals surface area contributed by atoms with Crippen LogP contribution in [0.15, 0.2) is 28.3 Å². The predicted molar refractivity (Wildman–Crippen MR) is 62.5 cm³/mol. The Morgan fingerprint density at radius 1 is 1.44 bits per heavy atom. The van der Waals surface area contributed by atoms with Crippen molar-refractivity contribution in [3.05, 3.63) is 29.6 Å². The van der Waals surface area contributed by atoms with Crippen LogP contribution in [0.3, 0.4) is 0 Å². The van der Waals surface area contributed by atoms with Gasteiger partial charge in [0.15, 0.2) is 0 Å². The average molecular weight is 266 g/mol. The minimum absolute atomic E-state index is 0.203. The molecular formula is C11H11FN4OS. The number of hydrogen-bond acceptors (Lipinski definition) is 5. The molecule has 1 aromatic heterocycles. The van der Waals surface area contributed by atoms with E-state index in [9.17, 15) is 9.50 Å². The second-order valence-corrected chi connectivity index (χ2v) is 5.10. The van der Waals surface area contributed by atoms with Crippen molar-refractivity contribution in [2.24, 2.45) is 0 Å². The zero-order valence-corrected chi connectivity index (χ0v) is 10.3. The van der Waals surface area contributed by atoms with Crippen molar-refractivity contribution in [3.8, 4) is 0 Å². The highest BCUT2D eigenvalue weighted by Gasteiger charge is 2.28. The maximum Gasteiger partial charge on any atom is 0.214 e. The van der Waals surface area contributed by atoms with Gasteiger partial charge in [0, 0.05) is 0 Å². The van der Waals surface area contributed by atoms with Gasteiger partial charge in [-0.2, -0.15) is 0 Å². The van der Waals surface area contributed by atoms with Gasteiger partial charge in [-0.05, 0) is 46.7 Å². The van der Waals surface area contributed by atoms with Gasteiger partial charge in [0.05, 0.1) is 17.5 Å². The van der Waals surface area contributed by atoms with Crippen LogP contribution in [-0.2, 0) is 6.61 Å². The summed E-state index contributed by atoms with van der Waals surface area (Å²) in [6.45, 7) is -0.203. The molecule has 0 amide bonds. The Hall–Kier alpha value is -1.47. The number of nitrogens with zero attached hydrogens (tertiary/aromatic N) is 4. The lowest BCUT2D eigenvalue weighted by Crippen LogP contribution is -2.00. The van der Waals surface area contributed by atoms with Crippen LogP contribution in [0.1, 0.15) is 24.4 Å². The van der Waals surface area contributed by atoms with Gasteiger partial charge in [-0.3, -0.25) is 0 Å². The topological polar surface area (TPSA) is 63.8 Å². The van der Waals surface area contributed by atoms with E-state index in [2.05, 4.69) is 15.5 Å². The molecule has 0 radical (unpaired) electrons. The Morgan fingerprint density at radius 2 is 2.28 bits per heavy atom. The summed E-state index contributed by atoms with van der Waals surface area (Å²) < 4.78 is 15.5. The van der Waals surface area contributed by atoms with E-state index in [-0.39, 0.29) is 12.4 Å². The third-order valence-corrected chi connectivity index (χ3v) is 3.88. The lowest BCUT2D eigenvalue weighted by molar-refractivity contribution is 0.277. The first-order chi connectivity index (χ1) is 8.79. The molecular weight excluding hydrogens is 255 g/mol. The number of halogens is 1. The standard InChI is InChI=1S/C11H11FN4OS/c12-9-3-1-2-7(6-17)10(9)18-11-13-14-15-16(11)8-4-5-8/h1-3,8,17H,4-6H2. The van der Waals surface area contributed by atoms with Crippen molar-refractivity contribution in [1.29, 1.82) is 0 Å².